The summed E-state index contributed by atoms with van der Waals surface area (Å²) in [7, 11) is 0. The fraction of sp³-hybridized carbons (Fsp3) is 0.452. The number of phenols is 1. The summed E-state index contributed by atoms with van der Waals surface area (Å²) in [5, 5.41) is 14.3. The van der Waals surface area contributed by atoms with Crippen molar-refractivity contribution >= 4 is 35.1 Å². The predicted molar refractivity (Wildman–Crippen MR) is 160 cm³/mol. The smallest absolute Gasteiger partial charge is 0.410 e. The van der Waals surface area contributed by atoms with Gasteiger partial charge in [0.25, 0.3) is 11.7 Å². The lowest BCUT2D eigenvalue weighted by Crippen LogP contribution is -2.58. The molecule has 2 N–H and O–H groups in total. The van der Waals surface area contributed by atoms with E-state index in [0.29, 0.717) is 17.2 Å². The maximum Gasteiger partial charge on any atom is 0.410 e. The predicted octanol–water partition coefficient (Wildman–Crippen LogP) is 5.17. The molecule has 232 valence electrons. The van der Waals surface area contributed by atoms with Gasteiger partial charge in [-0.1, -0.05) is 31.5 Å². The Labute approximate surface area is 259 Å². The number of aromatic nitrogens is 3. The molecule has 0 spiro atoms. The zero-order valence-corrected chi connectivity index (χ0v) is 26.2. The highest BCUT2D eigenvalue weighted by Crippen LogP contribution is 2.48. The molecule has 2 amide bonds. The van der Waals surface area contributed by atoms with Crippen LogP contribution in [0.2, 0.25) is 5.02 Å². The molecule has 0 radical (unpaired) electrons. The number of piperazine rings is 1. The zero-order chi connectivity index (χ0) is 31.7. The molecule has 1 saturated heterocycles. The number of nitrogens with one attached hydrogen (secondary N) is 1. The Morgan fingerprint density at radius 1 is 1.25 bits per heavy atom. The number of pyridine rings is 1. The van der Waals surface area contributed by atoms with Crippen LogP contribution in [0.3, 0.4) is 0 Å². The van der Waals surface area contributed by atoms with Crippen molar-refractivity contribution in [1.29, 1.82) is 0 Å². The summed E-state index contributed by atoms with van der Waals surface area (Å²) in [4.78, 5) is 39.6. The molecule has 1 unspecified atom stereocenters. The lowest BCUT2D eigenvalue weighted by Gasteiger charge is -2.40. The summed E-state index contributed by atoms with van der Waals surface area (Å²) in [6, 6.07) is 2.96. The Kier molecular flexibility index (Phi) is 7.30. The molecular formula is C31H35ClFN6O5+. The molecule has 0 saturated carbocycles. The van der Waals surface area contributed by atoms with Crippen LogP contribution in [0, 0.1) is 5.82 Å². The first-order chi connectivity index (χ1) is 20.8. The Morgan fingerprint density at radius 2 is 2.00 bits per heavy atom. The van der Waals surface area contributed by atoms with E-state index in [1.165, 1.54) is 24.5 Å². The molecule has 44 heavy (non-hydrogen) atoms. The minimum absolute atomic E-state index is 0.0242. The molecule has 3 aliphatic heterocycles. The van der Waals surface area contributed by atoms with Crippen LogP contribution < -0.4 is 14.6 Å². The number of hydrogen-bond donors (Lipinski definition) is 2. The normalized spacial score (nSPS) is 19.2. The largest absolute Gasteiger partial charge is 0.507 e. The third-order valence-electron chi connectivity index (χ3n) is 8.09. The van der Waals surface area contributed by atoms with E-state index in [1.54, 1.807) is 35.1 Å². The summed E-state index contributed by atoms with van der Waals surface area (Å²) in [6.45, 7) is 12.0. The first-order valence-electron chi connectivity index (χ1n) is 14.6. The Morgan fingerprint density at radius 3 is 2.68 bits per heavy atom. The van der Waals surface area contributed by atoms with Gasteiger partial charge in [0.1, 0.15) is 52.4 Å². The van der Waals surface area contributed by atoms with Gasteiger partial charge in [0.2, 0.25) is 0 Å². The number of ether oxygens (including phenoxy) is 2. The summed E-state index contributed by atoms with van der Waals surface area (Å²) in [5.41, 5.74) is 1.51. The third-order valence-corrected chi connectivity index (χ3v) is 8.44. The average molecular weight is 626 g/mol. The van der Waals surface area contributed by atoms with Crippen molar-refractivity contribution in [3.05, 3.63) is 52.3 Å². The van der Waals surface area contributed by atoms with E-state index in [0.717, 1.165) is 5.69 Å². The lowest BCUT2D eigenvalue weighted by atomic mass is 9.98. The van der Waals surface area contributed by atoms with Gasteiger partial charge in [-0.05, 0) is 45.7 Å². The number of aromatic hydroxyl groups is 1. The molecule has 1 fully saturated rings. The van der Waals surface area contributed by atoms with E-state index in [9.17, 15) is 14.7 Å². The number of carbonyl (C=O) groups excluding carboxylic acids is 2. The van der Waals surface area contributed by atoms with Crippen LogP contribution in [-0.2, 0) is 4.74 Å². The molecule has 2 atom stereocenters. The molecule has 3 aliphatic rings. The van der Waals surface area contributed by atoms with E-state index >= 15 is 4.39 Å². The first-order valence-corrected chi connectivity index (χ1v) is 15.0. The quantitative estimate of drug-likeness (QED) is 0.374. The molecule has 6 rings (SSSR count). The highest BCUT2D eigenvalue weighted by Gasteiger charge is 2.47. The molecule has 0 aliphatic carbocycles. The molecule has 11 nitrogen and oxygen atoms in total. The molecule has 2 aromatic heterocycles. The standard InChI is InChI=1S/C31H34ClFN6O5/c1-15(2)23-25-24(35-14-34-23)16(3)39-26(20-18(33)8-7-9-19(20)40)22(32)27-21(28(39)36-25)29(41)38-11-10-37(12-17(38)13-43-27)30(42)44-31(4,5)6/h7-9,14-17H,10-13H2,1-6H3,(H,36,40,41)/p+1/t16?,17-/m1/s1. The number of hydrogen-bond acceptors (Lipinski definition) is 8. The van der Waals surface area contributed by atoms with Crippen LogP contribution in [0.4, 0.5) is 20.7 Å². The van der Waals surface area contributed by atoms with Crippen LogP contribution in [0.1, 0.15) is 75.2 Å². The molecule has 1 aromatic carbocycles. The number of amides is 2. The highest BCUT2D eigenvalue weighted by atomic mass is 35.5. The fourth-order valence-corrected chi connectivity index (χ4v) is 6.44. The van der Waals surface area contributed by atoms with Gasteiger partial charge < -0.3 is 24.4 Å². The van der Waals surface area contributed by atoms with E-state index in [2.05, 4.69) is 15.3 Å². The van der Waals surface area contributed by atoms with Gasteiger partial charge in [0.15, 0.2) is 22.7 Å². The molecule has 0 bridgehead atoms. The number of rotatable bonds is 2. The number of halogens is 2. The Balaban J connectivity index is 1.53. The van der Waals surface area contributed by atoms with Gasteiger partial charge in [-0.15, -0.1) is 0 Å². The van der Waals surface area contributed by atoms with Gasteiger partial charge in [-0.25, -0.2) is 29.0 Å². The summed E-state index contributed by atoms with van der Waals surface area (Å²) < 4.78 is 29.1. The second kappa shape index (κ2) is 10.8. The van der Waals surface area contributed by atoms with Crippen molar-refractivity contribution in [2.45, 2.75) is 65.1 Å². The summed E-state index contributed by atoms with van der Waals surface area (Å²) >= 11 is 7.06. The van der Waals surface area contributed by atoms with Crippen molar-refractivity contribution in [2.24, 2.45) is 0 Å². The van der Waals surface area contributed by atoms with Crippen molar-refractivity contribution in [1.82, 2.24) is 19.8 Å². The maximum absolute atomic E-state index is 15.5. The lowest BCUT2D eigenvalue weighted by molar-refractivity contribution is -0.688. The maximum atomic E-state index is 15.5. The van der Waals surface area contributed by atoms with Gasteiger partial charge in [0, 0.05) is 19.6 Å². The first kappa shape index (κ1) is 29.9. The van der Waals surface area contributed by atoms with Gasteiger partial charge in [-0.2, -0.15) is 0 Å². The Hall–Kier alpha value is -4.19. The number of nitrogens with zero attached hydrogens (tertiary/aromatic N) is 5. The minimum Gasteiger partial charge on any atom is -0.507 e. The molecular weight excluding hydrogens is 591 g/mol. The van der Waals surface area contributed by atoms with Crippen molar-refractivity contribution in [3.8, 4) is 22.8 Å². The number of anilines is 2. The highest BCUT2D eigenvalue weighted by molar-refractivity contribution is 6.35. The number of phenolic OH excluding ortho intramolecular Hbond substituents is 1. The van der Waals surface area contributed by atoms with Crippen LogP contribution >= 0.6 is 11.6 Å². The molecule has 5 heterocycles. The van der Waals surface area contributed by atoms with Gasteiger partial charge in [0.05, 0.1) is 11.7 Å². The zero-order valence-electron chi connectivity index (χ0n) is 25.4. The van der Waals surface area contributed by atoms with Crippen LogP contribution in [0.15, 0.2) is 24.5 Å². The van der Waals surface area contributed by atoms with Gasteiger partial charge in [-0.3, -0.25) is 4.79 Å². The van der Waals surface area contributed by atoms with Crippen molar-refractivity contribution in [2.75, 3.05) is 31.6 Å². The molecule has 13 heteroatoms. The van der Waals surface area contributed by atoms with E-state index in [1.807, 2.05) is 20.8 Å². The number of fused-ring (bicyclic) bond motifs is 5. The van der Waals surface area contributed by atoms with E-state index in [-0.39, 0.29) is 71.4 Å². The van der Waals surface area contributed by atoms with Crippen LogP contribution in [0.5, 0.6) is 11.5 Å². The monoisotopic (exact) mass is 625 g/mol. The second-order valence-electron chi connectivity index (χ2n) is 12.6. The van der Waals surface area contributed by atoms with Crippen LogP contribution in [0.25, 0.3) is 11.3 Å². The van der Waals surface area contributed by atoms with E-state index in [4.69, 9.17) is 21.1 Å². The Bertz CT molecular complexity index is 1670. The SMILES string of the molecule is CC(C)c1ncnc2c1Nc1c3c(c(Cl)c(-c4c(O)cccc4F)[n+]1C2C)OC[C@H]1CN(C(=O)OC(C)(C)C)CCN1C3=O. The summed E-state index contributed by atoms with van der Waals surface area (Å²) in [5.74, 6) is -0.974. The second-order valence-corrected chi connectivity index (χ2v) is 13.0. The fourth-order valence-electron chi connectivity index (χ4n) is 6.10. The van der Waals surface area contributed by atoms with Crippen LogP contribution in [-0.4, -0.2) is 74.8 Å². The summed E-state index contributed by atoms with van der Waals surface area (Å²) in [6.07, 6.45) is 1.01. The van der Waals surface area contributed by atoms with E-state index < -0.39 is 29.6 Å². The topological polar surface area (TPSA) is 121 Å². The average Bonchev–Trinajstić information content (AvgIpc) is 3.10. The molecule has 3 aromatic rings. The van der Waals surface area contributed by atoms with Gasteiger partial charge >= 0.3 is 6.09 Å². The number of carbonyl (C=O) groups is 2. The third kappa shape index (κ3) is 4.85. The van der Waals surface area contributed by atoms with Crippen molar-refractivity contribution in [3.63, 3.8) is 0 Å². The number of benzene rings is 1. The minimum atomic E-state index is -0.699. The van der Waals surface area contributed by atoms with Crippen molar-refractivity contribution < 1.29 is 33.1 Å².